The monoisotopic (exact) mass is 350 g/mol. The molecule has 1 aliphatic carbocycles. The van der Waals surface area contributed by atoms with Crippen molar-refractivity contribution in [3.05, 3.63) is 29.8 Å². The van der Waals surface area contributed by atoms with Gasteiger partial charge in [-0.05, 0) is 36.0 Å². The number of hydrogen-bond acceptors (Lipinski definition) is 3. The first kappa shape index (κ1) is 17.4. The Morgan fingerprint density at radius 1 is 1.08 bits per heavy atom. The Morgan fingerprint density at radius 2 is 1.62 bits per heavy atom. The second-order valence-electron chi connectivity index (χ2n) is 7.27. The van der Waals surface area contributed by atoms with Gasteiger partial charge in [0.15, 0.2) is 0 Å². The molecule has 0 bridgehead atoms. The van der Waals surface area contributed by atoms with E-state index in [1.807, 2.05) is 17.0 Å². The number of benzene rings is 1. The molecule has 24 heavy (non-hydrogen) atoms. The van der Waals surface area contributed by atoms with E-state index in [1.165, 1.54) is 4.31 Å². The van der Waals surface area contributed by atoms with Gasteiger partial charge in [0.05, 0.1) is 4.90 Å². The van der Waals surface area contributed by atoms with Gasteiger partial charge in [-0.25, -0.2) is 8.42 Å². The van der Waals surface area contributed by atoms with Crippen LogP contribution in [-0.4, -0.2) is 49.7 Å². The van der Waals surface area contributed by atoms with Gasteiger partial charge in [-0.2, -0.15) is 4.31 Å². The van der Waals surface area contributed by atoms with Crippen molar-refractivity contribution >= 4 is 15.9 Å². The Balaban J connectivity index is 1.65. The van der Waals surface area contributed by atoms with Gasteiger partial charge in [0.2, 0.25) is 15.9 Å². The molecule has 0 radical (unpaired) electrons. The SMILES string of the molecule is CC(C)c1ccc(S(=O)(=O)N2CCN(C(=O)[C@H]3C[C@@H]3C)CC2)cc1. The third kappa shape index (κ3) is 3.35. The van der Waals surface area contributed by atoms with E-state index in [0.717, 1.165) is 12.0 Å². The van der Waals surface area contributed by atoms with E-state index < -0.39 is 10.0 Å². The normalized spacial score (nSPS) is 25.1. The van der Waals surface area contributed by atoms with E-state index in [2.05, 4.69) is 20.8 Å². The van der Waals surface area contributed by atoms with E-state index in [9.17, 15) is 13.2 Å². The van der Waals surface area contributed by atoms with E-state index >= 15 is 0 Å². The van der Waals surface area contributed by atoms with Crippen molar-refractivity contribution in [1.82, 2.24) is 9.21 Å². The Bertz CT molecular complexity index is 704. The average Bonchev–Trinajstić information content (AvgIpc) is 3.31. The van der Waals surface area contributed by atoms with Crippen molar-refractivity contribution < 1.29 is 13.2 Å². The first-order valence-electron chi connectivity index (χ1n) is 8.69. The van der Waals surface area contributed by atoms with Crippen LogP contribution < -0.4 is 0 Å². The van der Waals surface area contributed by atoms with Crippen molar-refractivity contribution in [3.8, 4) is 0 Å². The van der Waals surface area contributed by atoms with Crippen molar-refractivity contribution in [2.45, 2.75) is 38.0 Å². The Hall–Kier alpha value is -1.40. The van der Waals surface area contributed by atoms with Crippen LogP contribution in [0.3, 0.4) is 0 Å². The van der Waals surface area contributed by atoms with Crippen LogP contribution in [0.25, 0.3) is 0 Å². The van der Waals surface area contributed by atoms with Crippen LogP contribution in [0.2, 0.25) is 0 Å². The van der Waals surface area contributed by atoms with Crippen molar-refractivity contribution in [1.29, 1.82) is 0 Å². The molecule has 1 heterocycles. The fourth-order valence-corrected chi connectivity index (χ4v) is 4.65. The van der Waals surface area contributed by atoms with Gasteiger partial charge < -0.3 is 4.90 Å². The molecule has 1 amide bonds. The lowest BCUT2D eigenvalue weighted by Gasteiger charge is -2.34. The molecule has 3 rings (SSSR count). The third-order valence-corrected chi connectivity index (χ3v) is 7.07. The van der Waals surface area contributed by atoms with Gasteiger partial charge in [0.1, 0.15) is 0 Å². The molecule has 1 saturated carbocycles. The second kappa shape index (κ2) is 6.48. The molecule has 5 nitrogen and oxygen atoms in total. The number of rotatable bonds is 4. The summed E-state index contributed by atoms with van der Waals surface area (Å²) in [7, 11) is -3.47. The fourth-order valence-electron chi connectivity index (χ4n) is 3.22. The molecule has 132 valence electrons. The van der Waals surface area contributed by atoms with Gasteiger partial charge in [-0.15, -0.1) is 0 Å². The number of piperazine rings is 1. The molecule has 1 aromatic rings. The summed E-state index contributed by atoms with van der Waals surface area (Å²) in [6.07, 6.45) is 0.972. The topological polar surface area (TPSA) is 57.7 Å². The van der Waals surface area contributed by atoms with Crippen molar-refractivity contribution in [2.24, 2.45) is 11.8 Å². The third-order valence-electron chi connectivity index (χ3n) is 5.16. The lowest BCUT2D eigenvalue weighted by molar-refractivity contribution is -0.134. The van der Waals surface area contributed by atoms with E-state index in [4.69, 9.17) is 0 Å². The smallest absolute Gasteiger partial charge is 0.243 e. The molecule has 6 heteroatoms. The van der Waals surface area contributed by atoms with E-state index in [0.29, 0.717) is 42.9 Å². The molecule has 2 atom stereocenters. The van der Waals surface area contributed by atoms with Gasteiger partial charge >= 0.3 is 0 Å². The maximum atomic E-state index is 12.8. The number of carbonyl (C=O) groups excluding carboxylic acids is 1. The highest BCUT2D eigenvalue weighted by Gasteiger charge is 2.42. The first-order chi connectivity index (χ1) is 11.3. The van der Waals surface area contributed by atoms with Crippen LogP contribution in [0.5, 0.6) is 0 Å². The van der Waals surface area contributed by atoms with Crippen LogP contribution >= 0.6 is 0 Å². The van der Waals surface area contributed by atoms with E-state index in [-0.39, 0.29) is 11.8 Å². The lowest BCUT2D eigenvalue weighted by Crippen LogP contribution is -2.51. The molecule has 0 N–H and O–H groups in total. The number of hydrogen-bond donors (Lipinski definition) is 0. The first-order valence-corrected chi connectivity index (χ1v) is 10.1. The Labute approximate surface area is 144 Å². The summed E-state index contributed by atoms with van der Waals surface area (Å²) in [4.78, 5) is 14.4. The quantitative estimate of drug-likeness (QED) is 0.837. The summed E-state index contributed by atoms with van der Waals surface area (Å²) in [5, 5.41) is 0. The highest BCUT2D eigenvalue weighted by molar-refractivity contribution is 7.89. The molecule has 1 saturated heterocycles. The van der Waals surface area contributed by atoms with Crippen LogP contribution in [0.15, 0.2) is 29.2 Å². The molecule has 2 fully saturated rings. The summed E-state index contributed by atoms with van der Waals surface area (Å²) in [6, 6.07) is 7.14. The fraction of sp³-hybridized carbons (Fsp3) is 0.611. The molecule has 1 aromatic carbocycles. The standard InChI is InChI=1S/C18H26N2O3S/c1-13(2)15-4-6-16(7-5-15)24(22,23)20-10-8-19(9-11-20)18(21)17-12-14(17)3/h4-7,13-14,17H,8-12H2,1-3H3/t14-,17-/m0/s1. The minimum absolute atomic E-state index is 0.164. The van der Waals surface area contributed by atoms with Gasteiger partial charge in [0.25, 0.3) is 0 Å². The summed E-state index contributed by atoms with van der Waals surface area (Å²) in [6.45, 7) is 7.99. The Kier molecular flexibility index (Phi) is 4.71. The predicted octanol–water partition coefficient (Wildman–Crippen LogP) is 2.30. The number of amides is 1. The molecule has 2 aliphatic rings. The van der Waals surface area contributed by atoms with Crippen molar-refractivity contribution in [3.63, 3.8) is 0 Å². The van der Waals surface area contributed by atoms with E-state index in [1.54, 1.807) is 12.1 Å². The van der Waals surface area contributed by atoms with Gasteiger partial charge in [0, 0.05) is 32.1 Å². The lowest BCUT2D eigenvalue weighted by atomic mass is 10.0. The molecule has 0 spiro atoms. The van der Waals surface area contributed by atoms with Gasteiger partial charge in [-0.1, -0.05) is 32.9 Å². The number of nitrogens with zero attached hydrogens (tertiary/aromatic N) is 2. The molecule has 0 aromatic heterocycles. The number of sulfonamides is 1. The van der Waals surface area contributed by atoms with Crippen molar-refractivity contribution in [2.75, 3.05) is 26.2 Å². The summed E-state index contributed by atoms with van der Waals surface area (Å²) >= 11 is 0. The van der Waals surface area contributed by atoms with Gasteiger partial charge in [-0.3, -0.25) is 4.79 Å². The highest BCUT2D eigenvalue weighted by Crippen LogP contribution is 2.39. The molecular formula is C18H26N2O3S. The van der Waals surface area contributed by atoms with Crippen LogP contribution in [0.4, 0.5) is 0 Å². The zero-order chi connectivity index (χ0) is 17.5. The maximum Gasteiger partial charge on any atom is 0.243 e. The Morgan fingerprint density at radius 3 is 2.08 bits per heavy atom. The summed E-state index contributed by atoms with van der Waals surface area (Å²) in [5.41, 5.74) is 1.13. The second-order valence-corrected chi connectivity index (χ2v) is 9.21. The molecule has 1 aliphatic heterocycles. The minimum Gasteiger partial charge on any atom is -0.340 e. The predicted molar refractivity (Wildman–Crippen MR) is 93.1 cm³/mol. The highest BCUT2D eigenvalue weighted by atomic mass is 32.2. The zero-order valence-electron chi connectivity index (χ0n) is 14.6. The summed E-state index contributed by atoms with van der Waals surface area (Å²) in [5.74, 6) is 1.22. The molecule has 0 unspecified atom stereocenters. The van der Waals surface area contributed by atoms with Crippen LogP contribution in [-0.2, 0) is 14.8 Å². The minimum atomic E-state index is -3.47. The average molecular weight is 350 g/mol. The largest absolute Gasteiger partial charge is 0.340 e. The number of carbonyl (C=O) groups is 1. The maximum absolute atomic E-state index is 12.8. The van der Waals surface area contributed by atoms with Crippen LogP contribution in [0.1, 0.15) is 38.7 Å². The summed E-state index contributed by atoms with van der Waals surface area (Å²) < 4.78 is 27.0. The zero-order valence-corrected chi connectivity index (χ0v) is 15.4. The van der Waals surface area contributed by atoms with Crippen LogP contribution in [0, 0.1) is 11.8 Å². The molecular weight excluding hydrogens is 324 g/mol.